The van der Waals surface area contributed by atoms with Crippen LogP contribution in [0.4, 0.5) is 0 Å². The maximum Gasteiger partial charge on any atom is 0.115 e. The predicted molar refractivity (Wildman–Crippen MR) is 85.4 cm³/mol. The summed E-state index contributed by atoms with van der Waals surface area (Å²) in [5.41, 5.74) is 0.738. The van der Waals surface area contributed by atoms with Crippen LogP contribution in [0.1, 0.15) is 31.7 Å². The fourth-order valence-electron chi connectivity index (χ4n) is 2.44. The van der Waals surface area contributed by atoms with Crippen LogP contribution in [0, 0.1) is 0 Å². The number of phenolic OH excluding ortho intramolecular Hbond substituents is 1. The molecule has 1 atom stereocenters. The zero-order valence-corrected chi connectivity index (χ0v) is 13.0. The molecule has 0 bridgehead atoms. The lowest BCUT2D eigenvalue weighted by Crippen LogP contribution is -2.46. The Morgan fingerprint density at radius 1 is 1.25 bits per heavy atom. The highest BCUT2D eigenvalue weighted by atomic mass is 32.2. The molecule has 0 amide bonds. The standard InChI is InChI=1S/C16H25NO2S/c1-13(2-3-14-4-6-15(18)7-5-14)17-12-16(19)8-10-20-11-9-16/h4-7,13,17-19H,2-3,8-12H2,1H3/t13-/m1/s1. The van der Waals surface area contributed by atoms with Crippen molar-refractivity contribution in [2.24, 2.45) is 0 Å². The van der Waals surface area contributed by atoms with Crippen LogP contribution in [0.25, 0.3) is 0 Å². The lowest BCUT2D eigenvalue weighted by atomic mass is 9.96. The Morgan fingerprint density at radius 2 is 1.90 bits per heavy atom. The summed E-state index contributed by atoms with van der Waals surface area (Å²) in [5.74, 6) is 2.46. The van der Waals surface area contributed by atoms with Gasteiger partial charge < -0.3 is 15.5 Å². The van der Waals surface area contributed by atoms with E-state index in [-0.39, 0.29) is 0 Å². The molecule has 1 heterocycles. The number of hydrogen-bond acceptors (Lipinski definition) is 4. The monoisotopic (exact) mass is 295 g/mol. The van der Waals surface area contributed by atoms with Crippen LogP contribution in [0.15, 0.2) is 24.3 Å². The first kappa shape index (κ1) is 15.7. The van der Waals surface area contributed by atoms with Crippen LogP contribution in [-0.4, -0.2) is 39.9 Å². The Labute approximate surface area is 125 Å². The SMILES string of the molecule is C[C@H](CCc1ccc(O)cc1)NCC1(O)CCSCC1. The van der Waals surface area contributed by atoms with Gasteiger partial charge in [-0.05, 0) is 61.8 Å². The van der Waals surface area contributed by atoms with E-state index in [4.69, 9.17) is 0 Å². The van der Waals surface area contributed by atoms with Gasteiger partial charge >= 0.3 is 0 Å². The second-order valence-corrected chi connectivity index (χ2v) is 7.05. The van der Waals surface area contributed by atoms with Crippen LogP contribution in [0.3, 0.4) is 0 Å². The van der Waals surface area contributed by atoms with Gasteiger partial charge in [-0.3, -0.25) is 0 Å². The molecule has 3 nitrogen and oxygen atoms in total. The van der Waals surface area contributed by atoms with E-state index in [1.807, 2.05) is 23.9 Å². The van der Waals surface area contributed by atoms with E-state index in [1.165, 1.54) is 5.56 Å². The number of nitrogens with one attached hydrogen (secondary N) is 1. The van der Waals surface area contributed by atoms with E-state index >= 15 is 0 Å². The summed E-state index contributed by atoms with van der Waals surface area (Å²) in [5, 5.41) is 23.1. The Balaban J connectivity index is 1.69. The van der Waals surface area contributed by atoms with Gasteiger partial charge in [0.2, 0.25) is 0 Å². The first-order chi connectivity index (χ1) is 9.57. The molecule has 20 heavy (non-hydrogen) atoms. The molecule has 1 fully saturated rings. The number of aryl methyl sites for hydroxylation is 1. The molecule has 1 aromatic rings. The van der Waals surface area contributed by atoms with Crippen LogP contribution in [0.2, 0.25) is 0 Å². The number of rotatable bonds is 6. The summed E-state index contributed by atoms with van der Waals surface area (Å²) < 4.78 is 0. The summed E-state index contributed by atoms with van der Waals surface area (Å²) in [6.07, 6.45) is 3.82. The van der Waals surface area contributed by atoms with Crippen molar-refractivity contribution >= 4 is 11.8 Å². The van der Waals surface area contributed by atoms with Gasteiger partial charge in [-0.2, -0.15) is 11.8 Å². The highest BCUT2D eigenvalue weighted by molar-refractivity contribution is 7.99. The largest absolute Gasteiger partial charge is 0.508 e. The first-order valence-corrected chi connectivity index (χ1v) is 8.54. The molecule has 0 radical (unpaired) electrons. The minimum atomic E-state index is -0.502. The molecule has 1 aromatic carbocycles. The van der Waals surface area contributed by atoms with E-state index in [9.17, 15) is 10.2 Å². The van der Waals surface area contributed by atoms with Crippen molar-refractivity contribution in [3.8, 4) is 5.75 Å². The summed E-state index contributed by atoms with van der Waals surface area (Å²) in [4.78, 5) is 0. The molecule has 0 spiro atoms. The minimum Gasteiger partial charge on any atom is -0.508 e. The Bertz CT molecular complexity index is 401. The number of aliphatic hydroxyl groups is 1. The highest BCUT2D eigenvalue weighted by Gasteiger charge is 2.29. The Morgan fingerprint density at radius 3 is 2.55 bits per heavy atom. The third-order valence-corrected chi connectivity index (χ3v) is 4.99. The molecule has 4 heteroatoms. The van der Waals surface area contributed by atoms with Crippen molar-refractivity contribution in [1.82, 2.24) is 5.32 Å². The third kappa shape index (κ3) is 5.00. The zero-order valence-electron chi connectivity index (χ0n) is 12.1. The van der Waals surface area contributed by atoms with Gasteiger partial charge in [0.05, 0.1) is 5.60 Å². The summed E-state index contributed by atoms with van der Waals surface area (Å²) in [7, 11) is 0. The van der Waals surface area contributed by atoms with Crippen LogP contribution >= 0.6 is 11.8 Å². The van der Waals surface area contributed by atoms with Gasteiger partial charge in [0.15, 0.2) is 0 Å². The molecule has 1 aliphatic rings. The first-order valence-electron chi connectivity index (χ1n) is 7.39. The van der Waals surface area contributed by atoms with Crippen LogP contribution in [-0.2, 0) is 6.42 Å². The number of thioether (sulfide) groups is 1. The maximum absolute atomic E-state index is 10.4. The van der Waals surface area contributed by atoms with E-state index in [0.29, 0.717) is 18.3 Å². The third-order valence-electron chi connectivity index (χ3n) is 4.01. The van der Waals surface area contributed by atoms with Crippen molar-refractivity contribution in [2.75, 3.05) is 18.1 Å². The average molecular weight is 295 g/mol. The zero-order chi connectivity index (χ0) is 14.4. The summed E-state index contributed by atoms with van der Waals surface area (Å²) in [6, 6.07) is 7.79. The fraction of sp³-hybridized carbons (Fsp3) is 0.625. The van der Waals surface area contributed by atoms with Crippen LogP contribution < -0.4 is 5.32 Å². The second-order valence-electron chi connectivity index (χ2n) is 5.82. The minimum absolute atomic E-state index is 0.317. The molecule has 112 valence electrons. The summed E-state index contributed by atoms with van der Waals surface area (Å²) in [6.45, 7) is 2.87. The van der Waals surface area contributed by atoms with Gasteiger partial charge in [0.25, 0.3) is 0 Å². The lowest BCUT2D eigenvalue weighted by Gasteiger charge is -2.33. The smallest absolute Gasteiger partial charge is 0.115 e. The molecule has 1 saturated heterocycles. The number of benzene rings is 1. The fourth-order valence-corrected chi connectivity index (χ4v) is 3.69. The molecule has 0 aromatic heterocycles. The molecular weight excluding hydrogens is 270 g/mol. The number of hydrogen-bond donors (Lipinski definition) is 3. The van der Waals surface area contributed by atoms with E-state index in [2.05, 4.69) is 12.2 Å². The van der Waals surface area contributed by atoms with Gasteiger partial charge in [-0.25, -0.2) is 0 Å². The molecule has 2 rings (SSSR count). The average Bonchev–Trinajstić information content (AvgIpc) is 2.45. The normalized spacial score (nSPS) is 19.7. The van der Waals surface area contributed by atoms with Gasteiger partial charge in [-0.1, -0.05) is 12.1 Å². The Hall–Kier alpha value is -0.710. The summed E-state index contributed by atoms with van der Waals surface area (Å²) >= 11 is 1.93. The molecule has 3 N–H and O–H groups in total. The quantitative estimate of drug-likeness (QED) is 0.755. The van der Waals surface area contributed by atoms with Crippen molar-refractivity contribution in [3.63, 3.8) is 0 Å². The van der Waals surface area contributed by atoms with Crippen LogP contribution in [0.5, 0.6) is 5.75 Å². The second kappa shape index (κ2) is 7.34. The highest BCUT2D eigenvalue weighted by Crippen LogP contribution is 2.26. The maximum atomic E-state index is 10.4. The number of phenols is 1. The van der Waals surface area contributed by atoms with Gasteiger partial charge in [0.1, 0.15) is 5.75 Å². The molecule has 1 aliphatic heterocycles. The molecule has 0 aliphatic carbocycles. The Kier molecular flexibility index (Phi) is 5.75. The van der Waals surface area contributed by atoms with Crippen molar-refractivity contribution < 1.29 is 10.2 Å². The molecule has 0 saturated carbocycles. The number of aromatic hydroxyl groups is 1. The molecule has 0 unspecified atom stereocenters. The van der Waals surface area contributed by atoms with E-state index in [0.717, 1.165) is 37.2 Å². The van der Waals surface area contributed by atoms with Gasteiger partial charge in [-0.15, -0.1) is 0 Å². The van der Waals surface area contributed by atoms with Crippen molar-refractivity contribution in [3.05, 3.63) is 29.8 Å². The topological polar surface area (TPSA) is 52.5 Å². The van der Waals surface area contributed by atoms with Crippen molar-refractivity contribution in [1.29, 1.82) is 0 Å². The van der Waals surface area contributed by atoms with E-state index in [1.54, 1.807) is 12.1 Å². The lowest BCUT2D eigenvalue weighted by molar-refractivity contribution is 0.0298. The van der Waals surface area contributed by atoms with Gasteiger partial charge in [0, 0.05) is 12.6 Å². The van der Waals surface area contributed by atoms with E-state index < -0.39 is 5.60 Å². The van der Waals surface area contributed by atoms with Crippen molar-refractivity contribution in [2.45, 2.75) is 44.2 Å². The predicted octanol–water partition coefficient (Wildman–Crippen LogP) is 2.56. The molecular formula is C16H25NO2S.